The van der Waals surface area contributed by atoms with Crippen molar-refractivity contribution in [3.63, 3.8) is 0 Å². The summed E-state index contributed by atoms with van der Waals surface area (Å²) in [7, 11) is 0. The summed E-state index contributed by atoms with van der Waals surface area (Å²) < 4.78 is 43.4. The average Bonchev–Trinajstić information content (AvgIpc) is 3.48. The van der Waals surface area contributed by atoms with Gasteiger partial charge in [0.05, 0.1) is 39.9 Å². The van der Waals surface area contributed by atoms with Crippen molar-refractivity contribution in [2.24, 2.45) is 5.92 Å². The number of benzene rings is 2. The molecule has 1 atom stereocenters. The molecule has 11 nitrogen and oxygen atoms in total. The maximum Gasteiger partial charge on any atom is 0.418 e. The Hall–Kier alpha value is -4.92. The molecule has 2 aliphatic rings. The molecular weight excluding hydrogens is 729 g/mol. The van der Waals surface area contributed by atoms with Crippen LogP contribution in [0.3, 0.4) is 0 Å². The molecule has 0 saturated carbocycles. The molecule has 2 aromatic carbocycles. The van der Waals surface area contributed by atoms with Crippen LogP contribution in [0.25, 0.3) is 21.9 Å². The SMILES string of the molecule is Nc1c(Br)cc(C[C@@H](CC(=O)N2CCC(n3c(=O)[nH]c4c5ccccc5ncc43)CC2)C(=O)N2CCN(c3ccncc3)CC2)cc1C(F)(F)F. The lowest BCUT2D eigenvalue weighted by molar-refractivity contribution is -0.142. The number of nitrogens with zero attached hydrogens (tertiary/aromatic N) is 6. The number of aromatic nitrogens is 4. The molecule has 0 spiro atoms. The molecule has 15 heteroatoms. The summed E-state index contributed by atoms with van der Waals surface area (Å²) in [5, 5.41) is 0.850. The molecular formula is C36H36BrF3N8O3. The van der Waals surface area contributed by atoms with E-state index >= 15 is 0 Å². The van der Waals surface area contributed by atoms with Crippen molar-refractivity contribution in [1.82, 2.24) is 29.3 Å². The highest BCUT2D eigenvalue weighted by molar-refractivity contribution is 9.10. The van der Waals surface area contributed by atoms with Crippen molar-refractivity contribution in [1.29, 1.82) is 0 Å². The fourth-order valence-corrected chi connectivity index (χ4v) is 7.86. The van der Waals surface area contributed by atoms with E-state index in [0.717, 1.165) is 28.2 Å². The van der Waals surface area contributed by atoms with E-state index < -0.39 is 23.3 Å². The number of rotatable bonds is 7. The van der Waals surface area contributed by atoms with Gasteiger partial charge in [0.25, 0.3) is 0 Å². The van der Waals surface area contributed by atoms with Crippen LogP contribution < -0.4 is 16.3 Å². The number of piperidine rings is 1. The number of alkyl halides is 3. The number of carbonyl (C=O) groups is 2. The Bertz CT molecular complexity index is 2140. The molecule has 3 N–H and O–H groups in total. The van der Waals surface area contributed by atoms with E-state index in [2.05, 4.69) is 35.8 Å². The Labute approximate surface area is 299 Å². The van der Waals surface area contributed by atoms with E-state index in [4.69, 9.17) is 5.73 Å². The minimum Gasteiger partial charge on any atom is -0.397 e. The van der Waals surface area contributed by atoms with Crippen LogP contribution in [0.1, 0.15) is 36.4 Å². The van der Waals surface area contributed by atoms with Gasteiger partial charge in [-0.15, -0.1) is 0 Å². The number of carbonyl (C=O) groups excluding carboxylic acids is 2. The van der Waals surface area contributed by atoms with Crippen LogP contribution in [0, 0.1) is 5.92 Å². The summed E-state index contributed by atoms with van der Waals surface area (Å²) in [6.07, 6.45) is 1.20. The third kappa shape index (κ3) is 7.03. The molecule has 51 heavy (non-hydrogen) atoms. The summed E-state index contributed by atoms with van der Waals surface area (Å²) >= 11 is 3.15. The van der Waals surface area contributed by atoms with Crippen LogP contribution in [-0.2, 0) is 22.2 Å². The van der Waals surface area contributed by atoms with E-state index in [1.54, 1.807) is 33.0 Å². The van der Waals surface area contributed by atoms with Gasteiger partial charge < -0.3 is 25.4 Å². The number of imidazole rings is 1. The van der Waals surface area contributed by atoms with Gasteiger partial charge >= 0.3 is 11.9 Å². The highest BCUT2D eigenvalue weighted by atomic mass is 79.9. The summed E-state index contributed by atoms with van der Waals surface area (Å²) in [5.41, 5.74) is 7.53. The van der Waals surface area contributed by atoms with Crippen molar-refractivity contribution < 1.29 is 22.8 Å². The van der Waals surface area contributed by atoms with Crippen molar-refractivity contribution in [3.8, 4) is 0 Å². The Morgan fingerprint density at radius 3 is 2.39 bits per heavy atom. The van der Waals surface area contributed by atoms with Gasteiger partial charge in [-0.2, -0.15) is 13.2 Å². The number of hydrogen-bond acceptors (Lipinski definition) is 7. The van der Waals surface area contributed by atoms with Gasteiger partial charge in [0.15, 0.2) is 0 Å². The van der Waals surface area contributed by atoms with E-state index in [1.165, 1.54) is 6.07 Å². The van der Waals surface area contributed by atoms with E-state index in [-0.39, 0.29) is 46.4 Å². The zero-order chi connectivity index (χ0) is 35.9. The number of aromatic amines is 1. The molecule has 0 bridgehead atoms. The van der Waals surface area contributed by atoms with Crippen LogP contribution in [-0.4, -0.2) is 80.4 Å². The number of amides is 2. The molecule has 2 aliphatic heterocycles. The van der Waals surface area contributed by atoms with Crippen LogP contribution in [0.4, 0.5) is 24.5 Å². The zero-order valence-electron chi connectivity index (χ0n) is 27.6. The van der Waals surface area contributed by atoms with Crippen molar-refractivity contribution in [3.05, 3.63) is 93.2 Å². The fourth-order valence-electron chi connectivity index (χ4n) is 7.35. The molecule has 7 rings (SSSR count). The summed E-state index contributed by atoms with van der Waals surface area (Å²) in [6.45, 7) is 2.66. The largest absolute Gasteiger partial charge is 0.418 e. The molecule has 0 aliphatic carbocycles. The number of para-hydroxylation sites is 1. The zero-order valence-corrected chi connectivity index (χ0v) is 29.2. The first kappa shape index (κ1) is 34.5. The minimum absolute atomic E-state index is 0.0702. The molecule has 5 heterocycles. The highest BCUT2D eigenvalue weighted by Gasteiger charge is 2.36. The second-order valence-electron chi connectivity index (χ2n) is 13.1. The van der Waals surface area contributed by atoms with Crippen molar-refractivity contribution in [2.45, 2.75) is 37.9 Å². The van der Waals surface area contributed by atoms with Gasteiger partial charge in [-0.05, 0) is 71.1 Å². The number of H-pyrrole nitrogens is 1. The molecule has 3 aromatic heterocycles. The third-order valence-electron chi connectivity index (χ3n) is 10.0. The maximum absolute atomic E-state index is 14.1. The van der Waals surface area contributed by atoms with Crippen molar-refractivity contribution >= 4 is 61.1 Å². The summed E-state index contributed by atoms with van der Waals surface area (Å²) in [6, 6.07) is 13.7. The van der Waals surface area contributed by atoms with Crippen LogP contribution in [0.15, 0.2) is 76.4 Å². The summed E-state index contributed by atoms with van der Waals surface area (Å²) in [4.78, 5) is 58.2. The second-order valence-corrected chi connectivity index (χ2v) is 14.0. The first-order chi connectivity index (χ1) is 24.5. The molecule has 0 unspecified atom stereocenters. The number of nitrogens with two attached hydrogens (primary N) is 1. The quantitative estimate of drug-likeness (QED) is 0.212. The minimum atomic E-state index is -4.69. The third-order valence-corrected chi connectivity index (χ3v) is 10.7. The number of hydrogen-bond donors (Lipinski definition) is 2. The molecule has 5 aromatic rings. The van der Waals surface area contributed by atoms with E-state index in [9.17, 15) is 27.6 Å². The molecule has 266 valence electrons. The average molecular weight is 766 g/mol. The summed E-state index contributed by atoms with van der Waals surface area (Å²) in [5.74, 6) is -1.43. The molecule has 0 radical (unpaired) electrons. The Kier molecular flexibility index (Phi) is 9.48. The van der Waals surface area contributed by atoms with Crippen molar-refractivity contribution in [2.75, 3.05) is 49.9 Å². The maximum atomic E-state index is 14.1. The number of anilines is 2. The first-order valence-corrected chi connectivity index (χ1v) is 17.6. The highest BCUT2D eigenvalue weighted by Crippen LogP contribution is 2.39. The van der Waals surface area contributed by atoms with Gasteiger partial charge in [-0.1, -0.05) is 18.2 Å². The van der Waals surface area contributed by atoms with Gasteiger partial charge in [0.2, 0.25) is 11.8 Å². The molecule has 2 fully saturated rings. The second kappa shape index (κ2) is 14.0. The number of fused-ring (bicyclic) bond motifs is 3. The lowest BCUT2D eigenvalue weighted by Gasteiger charge is -2.38. The standard InChI is InChI=1S/C36H36BrF3N8O3/c37-28-19-22(18-27(32(28)41)36(38,39)40)17-23(34(50)47-15-13-45(14-16-47)24-5-9-42-10-6-24)20-31(49)46-11-7-25(8-12-46)48-30-21-43-29-4-2-1-3-26(29)33(30)44-35(48)51/h1-6,9-10,18-19,21,23,25H,7-8,11-17,20,41H2,(H,44,51)/t23-/m0/s1. The molecule has 2 amide bonds. The number of nitrogen functional groups attached to an aromatic ring is 1. The van der Waals surface area contributed by atoms with Gasteiger partial charge in [0, 0.05) is 79.7 Å². The van der Waals surface area contributed by atoms with Gasteiger partial charge in [-0.25, -0.2) is 4.79 Å². The van der Waals surface area contributed by atoms with E-state index in [0.29, 0.717) is 57.6 Å². The van der Waals surface area contributed by atoms with Crippen LogP contribution in [0.2, 0.25) is 0 Å². The molecule has 2 saturated heterocycles. The van der Waals surface area contributed by atoms with Gasteiger partial charge in [-0.3, -0.25) is 24.1 Å². The van der Waals surface area contributed by atoms with Crippen LogP contribution >= 0.6 is 15.9 Å². The number of halogens is 4. The number of pyridine rings is 2. The lowest BCUT2D eigenvalue weighted by Crippen LogP contribution is -2.51. The Morgan fingerprint density at radius 2 is 1.69 bits per heavy atom. The number of likely N-dealkylation sites (tertiary alicyclic amines) is 1. The number of nitrogens with one attached hydrogen (secondary N) is 1. The predicted molar refractivity (Wildman–Crippen MR) is 191 cm³/mol. The Balaban J connectivity index is 1.08. The van der Waals surface area contributed by atoms with E-state index in [1.807, 2.05) is 36.4 Å². The lowest BCUT2D eigenvalue weighted by atomic mass is 9.92. The normalized spacial score (nSPS) is 16.6. The van der Waals surface area contributed by atoms with Gasteiger partial charge in [0.1, 0.15) is 0 Å². The monoisotopic (exact) mass is 764 g/mol. The smallest absolute Gasteiger partial charge is 0.397 e. The first-order valence-electron chi connectivity index (χ1n) is 16.8. The fraction of sp³-hybridized carbons (Fsp3) is 0.361. The topological polar surface area (TPSA) is 133 Å². The number of piperazine rings is 1. The predicted octanol–water partition coefficient (Wildman–Crippen LogP) is 5.40. The Morgan fingerprint density at radius 1 is 0.980 bits per heavy atom. The van der Waals surface area contributed by atoms with Crippen LogP contribution in [0.5, 0.6) is 0 Å².